The smallest absolute Gasteiger partial charge is 0.251 e. The Kier molecular flexibility index (Phi) is 4.04. The number of rotatable bonds is 1. The van der Waals surface area contributed by atoms with E-state index in [1.807, 2.05) is 72.8 Å². The summed E-state index contributed by atoms with van der Waals surface area (Å²) in [7, 11) is 0. The van der Waals surface area contributed by atoms with Crippen molar-refractivity contribution in [1.29, 1.82) is 0 Å². The van der Waals surface area contributed by atoms with Gasteiger partial charge in [-0.05, 0) is 30.0 Å². The molecule has 4 aliphatic rings. The molecule has 3 aromatic carbocycles. The fourth-order valence-corrected chi connectivity index (χ4v) is 6.59. The van der Waals surface area contributed by atoms with Crippen LogP contribution in [-0.2, 0) is 15.0 Å². The standard InChI is InChI=1S/C31H24N2O3/c1-30(2)16-23-25(24(34)17-30)31(29(36)33(23)18-10-4-3-5-11-18)21-14-8-9-15-22(21)32-27-19-12-6-7-13-20(19)28(35)26(27)31/h3-15,32H,16-17H2,1-2H3. The SMILES string of the molecule is CC1(C)CC(=O)C2=C(C1)N(c1ccccc1)C(=O)C21C2=C(Nc3ccccc31)c1ccccc1C2=O. The average Bonchev–Trinajstić information content (AvgIpc) is 3.28. The summed E-state index contributed by atoms with van der Waals surface area (Å²) in [4.78, 5) is 44.8. The van der Waals surface area contributed by atoms with Crippen LogP contribution in [0.1, 0.15) is 48.2 Å². The van der Waals surface area contributed by atoms with Gasteiger partial charge in [-0.25, -0.2) is 0 Å². The Morgan fingerprint density at radius 1 is 0.750 bits per heavy atom. The maximum absolute atomic E-state index is 14.9. The van der Waals surface area contributed by atoms with Crippen molar-refractivity contribution in [3.63, 3.8) is 0 Å². The van der Waals surface area contributed by atoms with E-state index in [1.54, 1.807) is 11.0 Å². The lowest BCUT2D eigenvalue weighted by atomic mass is 9.61. The summed E-state index contributed by atoms with van der Waals surface area (Å²) in [5.74, 6) is -0.525. The maximum atomic E-state index is 14.9. The molecule has 3 aromatic rings. The average molecular weight is 473 g/mol. The van der Waals surface area contributed by atoms with E-state index in [0.29, 0.717) is 52.2 Å². The van der Waals surface area contributed by atoms with E-state index in [2.05, 4.69) is 19.2 Å². The van der Waals surface area contributed by atoms with Crippen LogP contribution in [0.5, 0.6) is 0 Å². The Bertz CT molecular complexity index is 1590. The molecule has 1 atom stereocenters. The zero-order valence-corrected chi connectivity index (χ0v) is 20.1. The fraction of sp³-hybridized carbons (Fsp3) is 0.194. The molecular weight excluding hydrogens is 448 g/mol. The summed E-state index contributed by atoms with van der Waals surface area (Å²) in [5, 5.41) is 3.45. The van der Waals surface area contributed by atoms with E-state index in [9.17, 15) is 14.4 Å². The first kappa shape index (κ1) is 21.1. The molecule has 36 heavy (non-hydrogen) atoms. The molecule has 176 valence electrons. The summed E-state index contributed by atoms with van der Waals surface area (Å²) in [5.41, 5.74) is 3.79. The number of nitrogens with one attached hydrogen (secondary N) is 1. The second kappa shape index (κ2) is 6.91. The minimum Gasteiger partial charge on any atom is -0.354 e. The van der Waals surface area contributed by atoms with Crippen LogP contribution in [0.15, 0.2) is 95.7 Å². The van der Waals surface area contributed by atoms with E-state index in [1.165, 1.54) is 0 Å². The summed E-state index contributed by atoms with van der Waals surface area (Å²) in [6.45, 7) is 4.12. The number of anilines is 2. The van der Waals surface area contributed by atoms with Crippen LogP contribution in [0.3, 0.4) is 0 Å². The highest BCUT2D eigenvalue weighted by atomic mass is 16.2. The molecule has 0 saturated heterocycles. The number of hydrogen-bond acceptors (Lipinski definition) is 4. The number of allylic oxidation sites excluding steroid dienone is 1. The fourth-order valence-electron chi connectivity index (χ4n) is 6.59. The van der Waals surface area contributed by atoms with Crippen molar-refractivity contribution in [3.05, 3.63) is 112 Å². The van der Waals surface area contributed by atoms with Crippen LogP contribution in [0.2, 0.25) is 0 Å². The van der Waals surface area contributed by atoms with Gasteiger partial charge < -0.3 is 5.32 Å². The number of fused-ring (bicyclic) bond motifs is 6. The maximum Gasteiger partial charge on any atom is 0.251 e. The molecule has 1 amide bonds. The van der Waals surface area contributed by atoms with Gasteiger partial charge >= 0.3 is 0 Å². The van der Waals surface area contributed by atoms with Crippen molar-refractivity contribution in [1.82, 2.24) is 0 Å². The van der Waals surface area contributed by atoms with Gasteiger partial charge in [0.15, 0.2) is 11.6 Å². The van der Waals surface area contributed by atoms with Gasteiger partial charge in [0.1, 0.15) is 5.41 Å². The number of carbonyl (C=O) groups excluding carboxylic acids is 3. The van der Waals surface area contributed by atoms with E-state index >= 15 is 0 Å². The molecule has 0 radical (unpaired) electrons. The number of para-hydroxylation sites is 2. The van der Waals surface area contributed by atoms with Crippen molar-refractivity contribution < 1.29 is 14.4 Å². The lowest BCUT2D eigenvalue weighted by molar-refractivity contribution is -0.123. The first-order chi connectivity index (χ1) is 17.3. The number of carbonyl (C=O) groups is 3. The Morgan fingerprint density at radius 3 is 2.19 bits per heavy atom. The van der Waals surface area contributed by atoms with Crippen LogP contribution < -0.4 is 10.2 Å². The molecule has 1 unspecified atom stereocenters. The van der Waals surface area contributed by atoms with E-state index in [0.717, 1.165) is 11.3 Å². The summed E-state index contributed by atoms with van der Waals surface area (Å²) >= 11 is 0. The molecular formula is C31H24N2O3. The highest BCUT2D eigenvalue weighted by Gasteiger charge is 2.65. The third kappa shape index (κ3) is 2.47. The molecule has 2 aliphatic heterocycles. The van der Waals surface area contributed by atoms with Crippen molar-refractivity contribution in [2.75, 3.05) is 10.2 Å². The van der Waals surface area contributed by atoms with Crippen LogP contribution in [-0.4, -0.2) is 17.5 Å². The molecule has 0 aromatic heterocycles. The Balaban J connectivity index is 1.61. The van der Waals surface area contributed by atoms with Gasteiger partial charge in [-0.2, -0.15) is 0 Å². The quantitative estimate of drug-likeness (QED) is 0.497. The molecule has 7 rings (SSSR count). The van der Waals surface area contributed by atoms with Crippen molar-refractivity contribution in [2.24, 2.45) is 5.41 Å². The van der Waals surface area contributed by atoms with Gasteiger partial charge in [0.2, 0.25) is 0 Å². The van der Waals surface area contributed by atoms with Crippen molar-refractivity contribution in [3.8, 4) is 0 Å². The second-order valence-corrected chi connectivity index (χ2v) is 10.8. The van der Waals surface area contributed by atoms with Gasteiger partial charge in [-0.1, -0.05) is 74.5 Å². The number of ketones is 2. The largest absolute Gasteiger partial charge is 0.354 e. The normalized spacial score (nSPS) is 23.5. The highest BCUT2D eigenvalue weighted by molar-refractivity contribution is 6.33. The van der Waals surface area contributed by atoms with Crippen LogP contribution >= 0.6 is 0 Å². The van der Waals surface area contributed by atoms with Crippen molar-refractivity contribution >= 4 is 34.5 Å². The van der Waals surface area contributed by atoms with Crippen molar-refractivity contribution in [2.45, 2.75) is 32.1 Å². The van der Waals surface area contributed by atoms with Gasteiger partial charge in [-0.15, -0.1) is 0 Å². The number of nitrogens with zero attached hydrogens (tertiary/aromatic N) is 1. The van der Waals surface area contributed by atoms with Gasteiger partial charge in [0, 0.05) is 51.3 Å². The van der Waals surface area contributed by atoms with Crippen LogP contribution in [0, 0.1) is 5.41 Å². The first-order valence-corrected chi connectivity index (χ1v) is 12.3. The number of hydrogen-bond donors (Lipinski definition) is 1. The Morgan fingerprint density at radius 2 is 1.42 bits per heavy atom. The summed E-state index contributed by atoms with van der Waals surface area (Å²) in [6, 6.07) is 24.5. The second-order valence-electron chi connectivity index (χ2n) is 10.8. The third-order valence-corrected chi connectivity index (χ3v) is 7.92. The third-order valence-electron chi connectivity index (χ3n) is 7.92. The molecule has 5 heteroatoms. The summed E-state index contributed by atoms with van der Waals surface area (Å²) in [6.07, 6.45) is 0.888. The topological polar surface area (TPSA) is 66.5 Å². The lowest BCUT2D eigenvalue weighted by Crippen LogP contribution is -2.47. The number of benzene rings is 3. The van der Waals surface area contributed by atoms with Gasteiger partial charge in [0.05, 0.1) is 5.70 Å². The Labute approximate surface area is 209 Å². The Hall–Kier alpha value is -4.25. The zero-order valence-electron chi connectivity index (χ0n) is 20.1. The molecule has 2 heterocycles. The van der Waals surface area contributed by atoms with Crippen LogP contribution in [0.4, 0.5) is 11.4 Å². The molecule has 0 saturated carbocycles. The van der Waals surface area contributed by atoms with Gasteiger partial charge in [-0.3, -0.25) is 19.3 Å². The van der Waals surface area contributed by atoms with Crippen LogP contribution in [0.25, 0.3) is 5.70 Å². The summed E-state index contributed by atoms with van der Waals surface area (Å²) < 4.78 is 0. The molecule has 2 aliphatic carbocycles. The predicted octanol–water partition coefficient (Wildman–Crippen LogP) is 5.65. The minimum atomic E-state index is -1.49. The van der Waals surface area contributed by atoms with Gasteiger partial charge in [0.25, 0.3) is 5.91 Å². The molecule has 0 fully saturated rings. The number of amides is 1. The van der Waals surface area contributed by atoms with E-state index in [-0.39, 0.29) is 22.9 Å². The monoisotopic (exact) mass is 472 g/mol. The number of Topliss-reactive ketones (excluding diaryl/α,β-unsaturated/α-hetero) is 2. The molecule has 1 spiro atoms. The lowest BCUT2D eigenvalue weighted by Gasteiger charge is -2.39. The molecule has 0 bridgehead atoms. The van der Waals surface area contributed by atoms with E-state index < -0.39 is 5.41 Å². The predicted molar refractivity (Wildman–Crippen MR) is 138 cm³/mol. The highest BCUT2D eigenvalue weighted by Crippen LogP contribution is 2.61. The zero-order chi connectivity index (χ0) is 24.8. The minimum absolute atomic E-state index is 0.0691. The van der Waals surface area contributed by atoms with E-state index in [4.69, 9.17) is 0 Å². The molecule has 5 nitrogen and oxygen atoms in total. The first-order valence-electron chi connectivity index (χ1n) is 12.3. The molecule has 1 N–H and O–H groups in total.